The smallest absolute Gasteiger partial charge is 0.296 e. The van der Waals surface area contributed by atoms with Crippen LogP contribution >= 0.6 is 11.3 Å². The zero-order chi connectivity index (χ0) is 17.1. The van der Waals surface area contributed by atoms with Gasteiger partial charge in [0, 0.05) is 11.1 Å². The fourth-order valence-electron chi connectivity index (χ4n) is 2.11. The third-order valence-corrected chi connectivity index (χ3v) is 4.31. The van der Waals surface area contributed by atoms with Crippen LogP contribution in [0.1, 0.15) is 16.6 Å². The van der Waals surface area contributed by atoms with E-state index in [-0.39, 0.29) is 6.54 Å². The quantitative estimate of drug-likeness (QED) is 0.688. The van der Waals surface area contributed by atoms with E-state index in [1.807, 2.05) is 12.1 Å². The van der Waals surface area contributed by atoms with Crippen molar-refractivity contribution in [2.24, 2.45) is 0 Å². The van der Waals surface area contributed by atoms with Gasteiger partial charge in [0.25, 0.3) is 0 Å². The van der Waals surface area contributed by atoms with E-state index in [0.717, 1.165) is 15.1 Å². The summed E-state index contributed by atoms with van der Waals surface area (Å²) < 4.78 is 2.04. The van der Waals surface area contributed by atoms with Gasteiger partial charge in [-0.1, -0.05) is 18.2 Å². The number of carbonyl (C=O) groups excluding carboxylic acids is 1. The van der Waals surface area contributed by atoms with Gasteiger partial charge in [0.05, 0.1) is 11.8 Å². The van der Waals surface area contributed by atoms with Crippen LogP contribution in [0.15, 0.2) is 40.5 Å². The first kappa shape index (κ1) is 15.8. The fourth-order valence-corrected chi connectivity index (χ4v) is 2.97. The topological polar surface area (TPSA) is 106 Å². The van der Waals surface area contributed by atoms with Gasteiger partial charge in [-0.05, 0) is 29.5 Å². The van der Waals surface area contributed by atoms with E-state index in [1.165, 1.54) is 11.3 Å². The highest BCUT2D eigenvalue weighted by atomic mass is 32.1. The summed E-state index contributed by atoms with van der Waals surface area (Å²) in [6.45, 7) is 1.46. The van der Waals surface area contributed by atoms with Gasteiger partial charge in [0.1, 0.15) is 11.6 Å². The lowest BCUT2D eigenvalue weighted by Crippen LogP contribution is -2.29. The van der Waals surface area contributed by atoms with Crippen LogP contribution < -0.4 is 5.69 Å². The minimum atomic E-state index is -1.02. The first-order valence-electron chi connectivity index (χ1n) is 7.02. The Hall–Kier alpha value is -3.12. The Bertz CT molecular complexity index is 966. The maximum absolute atomic E-state index is 12.4. The number of carbonyl (C=O) groups is 1. The minimum Gasteiger partial charge on any atom is -0.296 e. The predicted molar refractivity (Wildman–Crippen MR) is 85.8 cm³/mol. The van der Waals surface area contributed by atoms with Crippen molar-refractivity contribution < 1.29 is 4.79 Å². The van der Waals surface area contributed by atoms with E-state index in [4.69, 9.17) is 0 Å². The van der Waals surface area contributed by atoms with Crippen LogP contribution in [0.3, 0.4) is 0 Å². The molecular weight excluding hydrogens is 328 g/mol. The van der Waals surface area contributed by atoms with Crippen LogP contribution in [0.4, 0.5) is 0 Å². The van der Waals surface area contributed by atoms with E-state index in [2.05, 4.69) is 15.4 Å². The number of benzene rings is 1. The molecule has 0 amide bonds. The van der Waals surface area contributed by atoms with E-state index >= 15 is 0 Å². The standard InChI is InChI=1S/C15H12N6O2S/c1-10-9-24-14(17-10)12(7-16)13(22)8-20-15(23)21(19-18-20)11-5-3-2-4-6-11/h2-6,9,12H,8H2,1H3/t12-/m1/s1. The number of thiazole rings is 1. The molecule has 8 nitrogen and oxygen atoms in total. The van der Waals surface area contributed by atoms with Crippen molar-refractivity contribution in [2.75, 3.05) is 0 Å². The molecule has 9 heteroatoms. The van der Waals surface area contributed by atoms with Crippen LogP contribution in [0.25, 0.3) is 5.69 Å². The Balaban J connectivity index is 1.84. The van der Waals surface area contributed by atoms with Crippen molar-refractivity contribution in [3.63, 3.8) is 0 Å². The molecule has 0 aliphatic rings. The monoisotopic (exact) mass is 340 g/mol. The Morgan fingerprint density at radius 3 is 2.71 bits per heavy atom. The van der Waals surface area contributed by atoms with Gasteiger partial charge in [0.2, 0.25) is 0 Å². The van der Waals surface area contributed by atoms with Crippen LogP contribution in [0.5, 0.6) is 0 Å². The highest BCUT2D eigenvalue weighted by molar-refractivity contribution is 7.09. The number of hydrogen-bond donors (Lipinski definition) is 0. The second-order valence-electron chi connectivity index (χ2n) is 5.02. The maximum Gasteiger partial charge on any atom is 0.368 e. The van der Waals surface area contributed by atoms with Crippen molar-refractivity contribution in [1.82, 2.24) is 24.8 Å². The Morgan fingerprint density at radius 1 is 1.33 bits per heavy atom. The molecule has 2 heterocycles. The summed E-state index contributed by atoms with van der Waals surface area (Å²) in [7, 11) is 0. The molecule has 1 aromatic carbocycles. The molecule has 0 bridgehead atoms. The number of hydrogen-bond acceptors (Lipinski definition) is 7. The van der Waals surface area contributed by atoms with Gasteiger partial charge in [-0.3, -0.25) is 4.79 Å². The first-order chi connectivity index (χ1) is 11.6. The number of para-hydroxylation sites is 1. The van der Waals surface area contributed by atoms with Crippen LogP contribution in [-0.4, -0.2) is 30.6 Å². The molecule has 2 aromatic heterocycles. The van der Waals surface area contributed by atoms with Crippen molar-refractivity contribution >= 4 is 17.1 Å². The lowest BCUT2D eigenvalue weighted by Gasteiger charge is -2.03. The fraction of sp³-hybridized carbons (Fsp3) is 0.200. The number of Topliss-reactive ketones (excluding diaryl/α,β-unsaturated/α-hetero) is 1. The first-order valence-corrected chi connectivity index (χ1v) is 7.90. The van der Waals surface area contributed by atoms with Gasteiger partial charge in [-0.25, -0.2) is 9.78 Å². The largest absolute Gasteiger partial charge is 0.368 e. The van der Waals surface area contributed by atoms with Gasteiger partial charge < -0.3 is 0 Å². The summed E-state index contributed by atoms with van der Waals surface area (Å²) in [5.41, 5.74) is 0.755. The molecule has 1 atom stereocenters. The molecule has 0 aliphatic heterocycles. The minimum absolute atomic E-state index is 0.331. The average molecular weight is 340 g/mol. The zero-order valence-electron chi connectivity index (χ0n) is 12.7. The summed E-state index contributed by atoms with van der Waals surface area (Å²) in [4.78, 5) is 28.8. The lowest BCUT2D eigenvalue weighted by atomic mass is 10.1. The number of tetrazole rings is 1. The van der Waals surface area contributed by atoms with E-state index in [1.54, 1.807) is 36.6 Å². The Kier molecular flexibility index (Phi) is 4.31. The molecule has 0 saturated heterocycles. The molecule has 24 heavy (non-hydrogen) atoms. The van der Waals surface area contributed by atoms with Crippen LogP contribution in [0, 0.1) is 18.3 Å². The molecule has 120 valence electrons. The SMILES string of the molecule is Cc1csc([C@H](C#N)C(=O)Cn2nnn(-c3ccccc3)c2=O)n1. The Morgan fingerprint density at radius 2 is 2.08 bits per heavy atom. The molecule has 0 saturated carbocycles. The zero-order valence-corrected chi connectivity index (χ0v) is 13.5. The number of aryl methyl sites for hydroxylation is 1. The molecule has 0 spiro atoms. The highest BCUT2D eigenvalue weighted by Crippen LogP contribution is 2.20. The predicted octanol–water partition coefficient (Wildman–Crippen LogP) is 1.07. The summed E-state index contributed by atoms with van der Waals surface area (Å²) in [5.74, 6) is -1.47. The highest BCUT2D eigenvalue weighted by Gasteiger charge is 2.25. The average Bonchev–Trinajstić information content (AvgIpc) is 3.16. The maximum atomic E-state index is 12.4. The number of ketones is 1. The summed E-state index contributed by atoms with van der Waals surface area (Å²) in [6.07, 6.45) is 0. The van der Waals surface area contributed by atoms with E-state index in [0.29, 0.717) is 10.7 Å². The molecule has 3 aromatic rings. The molecular formula is C15H12N6O2S. The van der Waals surface area contributed by atoms with Crippen molar-refractivity contribution in [3.05, 3.63) is 56.9 Å². The van der Waals surface area contributed by atoms with Gasteiger partial charge in [-0.2, -0.15) is 14.6 Å². The molecule has 0 fully saturated rings. The van der Waals surface area contributed by atoms with Crippen LogP contribution in [-0.2, 0) is 11.3 Å². The number of aromatic nitrogens is 5. The normalized spacial score (nSPS) is 11.8. The second-order valence-corrected chi connectivity index (χ2v) is 5.91. The number of nitrogens with zero attached hydrogens (tertiary/aromatic N) is 6. The number of rotatable bonds is 5. The summed E-state index contributed by atoms with van der Waals surface area (Å²) >= 11 is 1.24. The molecule has 0 N–H and O–H groups in total. The van der Waals surface area contributed by atoms with Gasteiger partial charge in [-0.15, -0.1) is 11.3 Å². The molecule has 0 unspecified atom stereocenters. The van der Waals surface area contributed by atoms with Gasteiger partial charge in [0.15, 0.2) is 11.7 Å². The van der Waals surface area contributed by atoms with Crippen molar-refractivity contribution in [2.45, 2.75) is 19.4 Å². The van der Waals surface area contributed by atoms with Crippen molar-refractivity contribution in [3.8, 4) is 11.8 Å². The summed E-state index contributed by atoms with van der Waals surface area (Å²) in [6, 6.07) is 10.7. The Labute approximate surface area is 140 Å². The molecule has 0 radical (unpaired) electrons. The molecule has 3 rings (SSSR count). The second kappa shape index (κ2) is 6.55. The van der Waals surface area contributed by atoms with E-state index < -0.39 is 17.4 Å². The van der Waals surface area contributed by atoms with Crippen LogP contribution in [0.2, 0.25) is 0 Å². The van der Waals surface area contributed by atoms with Gasteiger partial charge >= 0.3 is 5.69 Å². The van der Waals surface area contributed by atoms with E-state index in [9.17, 15) is 14.9 Å². The molecule has 0 aliphatic carbocycles. The number of nitriles is 1. The third kappa shape index (κ3) is 3.00. The lowest BCUT2D eigenvalue weighted by molar-refractivity contribution is -0.120. The third-order valence-electron chi connectivity index (χ3n) is 3.28. The summed E-state index contributed by atoms with van der Waals surface area (Å²) in [5, 5.41) is 18.9. The van der Waals surface area contributed by atoms with Crippen molar-refractivity contribution in [1.29, 1.82) is 5.26 Å².